The van der Waals surface area contributed by atoms with Crippen LogP contribution in [0.5, 0.6) is 0 Å². The van der Waals surface area contributed by atoms with Gasteiger partial charge in [-0.1, -0.05) is 38.2 Å². The van der Waals surface area contributed by atoms with Crippen LogP contribution in [0.1, 0.15) is 31.7 Å². The zero-order chi connectivity index (χ0) is 12.1. The number of hydrogen-bond donors (Lipinski definition) is 2. The zero-order valence-electron chi connectivity index (χ0n) is 9.49. The van der Waals surface area contributed by atoms with E-state index in [0.717, 1.165) is 5.69 Å². The summed E-state index contributed by atoms with van der Waals surface area (Å²) in [7, 11) is 0. The molecule has 3 N–H and O–H groups in total. The molecule has 0 aliphatic rings. The van der Waals surface area contributed by atoms with Crippen molar-refractivity contribution in [1.82, 2.24) is 0 Å². The third kappa shape index (κ3) is 3.98. The number of amides is 1. The second kappa shape index (κ2) is 5.61. The molecule has 1 aromatic rings. The van der Waals surface area contributed by atoms with Gasteiger partial charge in [0, 0.05) is 5.69 Å². The first kappa shape index (κ1) is 12.6. The molecule has 0 aliphatic heterocycles. The van der Waals surface area contributed by atoms with Gasteiger partial charge in [0.1, 0.15) is 0 Å². The molecule has 1 rings (SSSR count). The normalized spacial score (nSPS) is 10.2. The van der Waals surface area contributed by atoms with Gasteiger partial charge in [0.15, 0.2) is 0 Å². The maximum atomic E-state index is 11.4. The van der Waals surface area contributed by atoms with Crippen molar-refractivity contribution < 1.29 is 4.79 Å². The van der Waals surface area contributed by atoms with Gasteiger partial charge in [-0.15, -0.1) is 0 Å². The molecule has 86 valence electrons. The van der Waals surface area contributed by atoms with Crippen LogP contribution < -0.4 is 11.1 Å². The summed E-state index contributed by atoms with van der Waals surface area (Å²) < 4.78 is 0. The van der Waals surface area contributed by atoms with Crippen molar-refractivity contribution in [3.63, 3.8) is 0 Å². The molecule has 1 amide bonds. The molecule has 0 saturated heterocycles. The molecular formula is C12H16N2OS. The van der Waals surface area contributed by atoms with Crippen molar-refractivity contribution in [1.29, 1.82) is 0 Å². The van der Waals surface area contributed by atoms with Crippen molar-refractivity contribution in [2.45, 2.75) is 26.2 Å². The van der Waals surface area contributed by atoms with Gasteiger partial charge in [-0.2, -0.15) is 0 Å². The fraction of sp³-hybridized carbons (Fsp3) is 0.333. The van der Waals surface area contributed by atoms with Crippen molar-refractivity contribution in [3.05, 3.63) is 29.8 Å². The van der Waals surface area contributed by atoms with E-state index < -0.39 is 0 Å². The molecule has 1 aromatic carbocycles. The van der Waals surface area contributed by atoms with Gasteiger partial charge in [-0.3, -0.25) is 4.79 Å². The molecule has 16 heavy (non-hydrogen) atoms. The van der Waals surface area contributed by atoms with Crippen LogP contribution in [0.2, 0.25) is 0 Å². The Labute approximate surface area is 101 Å². The summed E-state index contributed by atoms with van der Waals surface area (Å²) in [6, 6.07) is 7.77. The number of thiocarbonyl (C=S) groups is 1. The van der Waals surface area contributed by atoms with Gasteiger partial charge >= 0.3 is 0 Å². The first-order valence-corrected chi connectivity index (χ1v) is 5.58. The number of nitrogens with one attached hydrogen (secondary N) is 1. The van der Waals surface area contributed by atoms with Gasteiger partial charge in [0.2, 0.25) is 5.91 Å². The maximum absolute atomic E-state index is 11.4. The predicted octanol–water partition coefficient (Wildman–Crippen LogP) is 2.42. The Morgan fingerprint density at radius 3 is 2.38 bits per heavy atom. The molecule has 0 spiro atoms. The molecule has 3 nitrogen and oxygen atoms in total. The smallest absolute Gasteiger partial charge is 0.231 e. The van der Waals surface area contributed by atoms with Gasteiger partial charge < -0.3 is 11.1 Å². The number of nitrogens with two attached hydrogens (primary N) is 1. The van der Waals surface area contributed by atoms with Crippen molar-refractivity contribution in [3.8, 4) is 0 Å². The molecule has 0 aliphatic carbocycles. The topological polar surface area (TPSA) is 55.1 Å². The third-order valence-corrected chi connectivity index (χ3v) is 2.34. The monoisotopic (exact) mass is 236 g/mol. The van der Waals surface area contributed by atoms with Crippen molar-refractivity contribution >= 4 is 28.8 Å². The van der Waals surface area contributed by atoms with E-state index in [1.807, 2.05) is 24.3 Å². The average molecular weight is 236 g/mol. The lowest BCUT2D eigenvalue weighted by Crippen LogP contribution is -2.20. The quantitative estimate of drug-likeness (QED) is 0.789. The van der Waals surface area contributed by atoms with Gasteiger partial charge in [0.05, 0.1) is 11.4 Å². The summed E-state index contributed by atoms with van der Waals surface area (Å²) in [5, 5.41) is 2.73. The lowest BCUT2D eigenvalue weighted by atomic mass is 10.0. The molecule has 0 unspecified atom stereocenters. The lowest BCUT2D eigenvalue weighted by molar-refractivity contribution is -0.115. The number of rotatable bonds is 4. The largest absolute Gasteiger partial charge is 0.393 e. The number of hydrogen-bond acceptors (Lipinski definition) is 2. The van der Waals surface area contributed by atoms with Crippen LogP contribution in [-0.4, -0.2) is 10.9 Å². The summed E-state index contributed by atoms with van der Waals surface area (Å²) in [6.07, 6.45) is 0.0846. The Morgan fingerprint density at radius 2 is 1.94 bits per heavy atom. The first-order chi connectivity index (χ1) is 7.49. The van der Waals surface area contributed by atoms with Gasteiger partial charge in [-0.05, 0) is 23.6 Å². The number of carbonyl (C=O) groups is 1. The van der Waals surface area contributed by atoms with E-state index in [-0.39, 0.29) is 17.3 Å². The molecular weight excluding hydrogens is 220 g/mol. The molecule has 0 atom stereocenters. The number of anilines is 1. The first-order valence-electron chi connectivity index (χ1n) is 5.17. The van der Waals surface area contributed by atoms with E-state index in [1.165, 1.54) is 5.56 Å². The minimum absolute atomic E-state index is 0.0846. The standard InChI is InChI=1S/C12H16N2OS/c1-8(2)9-3-5-10(6-4-9)14-12(15)7-11(13)16/h3-6,8H,7H2,1-2H3,(H2,13,16)(H,14,15). The Hall–Kier alpha value is -1.42. The molecule has 0 radical (unpaired) electrons. The van der Waals surface area contributed by atoms with Crippen LogP contribution in [0.25, 0.3) is 0 Å². The van der Waals surface area contributed by atoms with Crippen LogP contribution in [0.3, 0.4) is 0 Å². The molecule has 4 heteroatoms. The van der Waals surface area contributed by atoms with Gasteiger partial charge in [0.25, 0.3) is 0 Å². The number of benzene rings is 1. The molecule has 0 saturated carbocycles. The Balaban J connectivity index is 2.62. The molecule has 0 fully saturated rings. The van der Waals surface area contributed by atoms with Crippen molar-refractivity contribution in [2.75, 3.05) is 5.32 Å². The fourth-order valence-corrected chi connectivity index (χ4v) is 1.45. The average Bonchev–Trinajstić information content (AvgIpc) is 2.16. The lowest BCUT2D eigenvalue weighted by Gasteiger charge is -2.08. The summed E-state index contributed by atoms with van der Waals surface area (Å²) >= 11 is 4.66. The van der Waals surface area contributed by atoms with E-state index in [4.69, 9.17) is 5.73 Å². The summed E-state index contributed by atoms with van der Waals surface area (Å²) in [6.45, 7) is 4.25. The fourth-order valence-electron chi connectivity index (χ4n) is 1.31. The highest BCUT2D eigenvalue weighted by Crippen LogP contribution is 2.17. The maximum Gasteiger partial charge on any atom is 0.231 e. The summed E-state index contributed by atoms with van der Waals surface area (Å²) in [5.74, 6) is 0.311. The van der Waals surface area contributed by atoms with Crippen molar-refractivity contribution in [2.24, 2.45) is 5.73 Å². The van der Waals surface area contributed by atoms with Crippen LogP contribution in [0.4, 0.5) is 5.69 Å². The van der Waals surface area contributed by atoms with E-state index in [0.29, 0.717) is 5.92 Å². The number of carbonyl (C=O) groups excluding carboxylic acids is 1. The van der Waals surface area contributed by atoms with E-state index in [1.54, 1.807) is 0 Å². The highest BCUT2D eigenvalue weighted by Gasteiger charge is 2.04. The molecule has 0 aromatic heterocycles. The zero-order valence-corrected chi connectivity index (χ0v) is 10.3. The van der Waals surface area contributed by atoms with E-state index in [2.05, 4.69) is 31.4 Å². The Bertz CT molecular complexity index is 385. The minimum Gasteiger partial charge on any atom is -0.393 e. The highest BCUT2D eigenvalue weighted by atomic mass is 32.1. The molecule has 0 bridgehead atoms. The predicted molar refractivity (Wildman–Crippen MR) is 70.6 cm³/mol. The van der Waals surface area contributed by atoms with Crippen LogP contribution in [-0.2, 0) is 4.79 Å². The minimum atomic E-state index is -0.176. The second-order valence-electron chi connectivity index (χ2n) is 3.97. The van der Waals surface area contributed by atoms with Crippen LogP contribution in [0, 0.1) is 0 Å². The Morgan fingerprint density at radius 1 is 1.38 bits per heavy atom. The van der Waals surface area contributed by atoms with E-state index in [9.17, 15) is 4.79 Å². The second-order valence-corrected chi connectivity index (χ2v) is 4.49. The van der Waals surface area contributed by atoms with Crippen LogP contribution >= 0.6 is 12.2 Å². The summed E-state index contributed by atoms with van der Waals surface area (Å²) in [4.78, 5) is 11.6. The summed E-state index contributed by atoms with van der Waals surface area (Å²) in [5.41, 5.74) is 7.29. The molecule has 0 heterocycles. The SMILES string of the molecule is CC(C)c1ccc(NC(=O)CC(N)=S)cc1. The van der Waals surface area contributed by atoms with E-state index >= 15 is 0 Å². The highest BCUT2D eigenvalue weighted by molar-refractivity contribution is 7.80. The van der Waals surface area contributed by atoms with Crippen LogP contribution in [0.15, 0.2) is 24.3 Å². The third-order valence-electron chi connectivity index (χ3n) is 2.20. The Kier molecular flexibility index (Phi) is 4.43. The van der Waals surface area contributed by atoms with Gasteiger partial charge in [-0.25, -0.2) is 0 Å².